The third-order valence-corrected chi connectivity index (χ3v) is 3.70. The van der Waals surface area contributed by atoms with Crippen LogP contribution in [0.3, 0.4) is 0 Å². The Bertz CT molecular complexity index is 486. The molecular formula is C11H21N3O4S. The number of aromatic nitrogens is 2. The summed E-state index contributed by atoms with van der Waals surface area (Å²) in [5.41, 5.74) is 0. The molecule has 1 N–H and O–H groups in total. The standard InChI is InChI=1S/C11H21N3O4S/c1-13(4-5-18-2)7-10(15)8-14-9-11(6-12-14)19(3,16)17/h6,9-10,15H,4-5,7-8H2,1-3H3. The molecule has 0 aliphatic heterocycles. The highest BCUT2D eigenvalue weighted by Crippen LogP contribution is 2.07. The molecule has 19 heavy (non-hydrogen) atoms. The monoisotopic (exact) mass is 291 g/mol. The summed E-state index contributed by atoms with van der Waals surface area (Å²) in [7, 11) is 0.263. The molecule has 1 unspecified atom stereocenters. The molecule has 7 nitrogen and oxygen atoms in total. The van der Waals surface area contributed by atoms with Crippen LogP contribution in [0.15, 0.2) is 17.3 Å². The van der Waals surface area contributed by atoms with Crippen LogP contribution in [0.4, 0.5) is 0 Å². The van der Waals surface area contributed by atoms with Crippen molar-refractivity contribution in [2.75, 3.05) is 40.1 Å². The number of methoxy groups -OCH3 is 1. The molecule has 0 fully saturated rings. The molecule has 0 radical (unpaired) electrons. The third-order valence-electron chi connectivity index (χ3n) is 2.64. The van der Waals surface area contributed by atoms with E-state index in [2.05, 4.69) is 5.10 Å². The van der Waals surface area contributed by atoms with Crippen molar-refractivity contribution >= 4 is 9.84 Å². The molecule has 110 valence electrons. The maximum absolute atomic E-state index is 11.3. The molecule has 0 bridgehead atoms. The molecule has 1 atom stereocenters. The number of hydrogen-bond donors (Lipinski definition) is 1. The van der Waals surface area contributed by atoms with Gasteiger partial charge in [-0.3, -0.25) is 4.68 Å². The van der Waals surface area contributed by atoms with E-state index < -0.39 is 15.9 Å². The first-order valence-corrected chi connectivity index (χ1v) is 7.80. The second kappa shape index (κ2) is 6.99. The van der Waals surface area contributed by atoms with Gasteiger partial charge in [0.15, 0.2) is 9.84 Å². The van der Waals surface area contributed by atoms with Crippen molar-refractivity contribution in [3.63, 3.8) is 0 Å². The first kappa shape index (κ1) is 16.1. The molecule has 1 aromatic heterocycles. The molecule has 0 aliphatic carbocycles. The molecule has 0 amide bonds. The van der Waals surface area contributed by atoms with Crippen LogP contribution in [0.2, 0.25) is 0 Å². The number of aliphatic hydroxyl groups excluding tert-OH is 1. The maximum atomic E-state index is 11.3. The lowest BCUT2D eigenvalue weighted by Crippen LogP contribution is -2.34. The van der Waals surface area contributed by atoms with E-state index in [1.807, 2.05) is 11.9 Å². The molecule has 8 heteroatoms. The Morgan fingerprint density at radius 3 is 2.79 bits per heavy atom. The lowest BCUT2D eigenvalue weighted by atomic mass is 10.3. The smallest absolute Gasteiger partial charge is 0.178 e. The number of likely N-dealkylation sites (N-methyl/N-ethyl adjacent to an activating group) is 1. The van der Waals surface area contributed by atoms with Gasteiger partial charge in [0.05, 0.1) is 25.5 Å². The SMILES string of the molecule is COCCN(C)CC(O)Cn1cc(S(C)(=O)=O)cn1. The number of rotatable bonds is 8. The molecular weight excluding hydrogens is 270 g/mol. The topological polar surface area (TPSA) is 84.7 Å². The second-order valence-corrected chi connectivity index (χ2v) is 6.59. The van der Waals surface area contributed by atoms with Gasteiger partial charge in [-0.05, 0) is 7.05 Å². The summed E-state index contributed by atoms with van der Waals surface area (Å²) in [6, 6.07) is 0. The highest BCUT2D eigenvalue weighted by atomic mass is 32.2. The van der Waals surface area contributed by atoms with Crippen LogP contribution in [0.5, 0.6) is 0 Å². The Morgan fingerprint density at radius 1 is 1.58 bits per heavy atom. The fourth-order valence-electron chi connectivity index (χ4n) is 1.61. The first-order valence-electron chi connectivity index (χ1n) is 5.91. The average Bonchev–Trinajstić information content (AvgIpc) is 2.74. The van der Waals surface area contributed by atoms with Crippen LogP contribution in [0.25, 0.3) is 0 Å². The molecule has 1 rings (SSSR count). The molecule has 0 aliphatic rings. The summed E-state index contributed by atoms with van der Waals surface area (Å²) >= 11 is 0. The highest BCUT2D eigenvalue weighted by molar-refractivity contribution is 7.90. The van der Waals surface area contributed by atoms with Gasteiger partial charge in [0, 0.05) is 32.7 Å². The van der Waals surface area contributed by atoms with Crippen molar-refractivity contribution in [2.24, 2.45) is 0 Å². The number of ether oxygens (including phenoxy) is 1. The summed E-state index contributed by atoms with van der Waals surface area (Å²) in [6.45, 7) is 2.05. The Labute approximate surface area is 113 Å². The van der Waals surface area contributed by atoms with Gasteiger partial charge in [-0.2, -0.15) is 5.10 Å². The van der Waals surface area contributed by atoms with Crippen LogP contribution < -0.4 is 0 Å². The van der Waals surface area contributed by atoms with Crippen LogP contribution >= 0.6 is 0 Å². The Morgan fingerprint density at radius 2 is 2.26 bits per heavy atom. The van der Waals surface area contributed by atoms with Gasteiger partial charge >= 0.3 is 0 Å². The van der Waals surface area contributed by atoms with Gasteiger partial charge in [0.2, 0.25) is 0 Å². The van der Waals surface area contributed by atoms with E-state index in [0.717, 1.165) is 12.8 Å². The first-order chi connectivity index (χ1) is 8.82. The van der Waals surface area contributed by atoms with Crippen LogP contribution in [0, 0.1) is 0 Å². The van der Waals surface area contributed by atoms with E-state index in [1.54, 1.807) is 7.11 Å². The van der Waals surface area contributed by atoms with Crippen molar-refractivity contribution in [1.29, 1.82) is 0 Å². The van der Waals surface area contributed by atoms with Crippen molar-refractivity contribution < 1.29 is 18.3 Å². The van der Waals surface area contributed by atoms with Crippen LogP contribution in [0.1, 0.15) is 0 Å². The fourth-order valence-corrected chi connectivity index (χ4v) is 2.16. The lowest BCUT2D eigenvalue weighted by Gasteiger charge is -2.19. The van der Waals surface area contributed by atoms with Gasteiger partial charge in [-0.25, -0.2) is 8.42 Å². The van der Waals surface area contributed by atoms with Crippen LogP contribution in [-0.2, 0) is 21.1 Å². The Balaban J connectivity index is 2.48. The van der Waals surface area contributed by atoms with Crippen molar-refractivity contribution in [1.82, 2.24) is 14.7 Å². The molecule has 0 saturated carbocycles. The minimum atomic E-state index is -3.24. The molecule has 0 saturated heterocycles. The number of sulfone groups is 1. The van der Waals surface area contributed by atoms with E-state index in [4.69, 9.17) is 4.74 Å². The minimum absolute atomic E-state index is 0.160. The fraction of sp³-hybridized carbons (Fsp3) is 0.727. The zero-order valence-corrected chi connectivity index (χ0v) is 12.3. The maximum Gasteiger partial charge on any atom is 0.178 e. The summed E-state index contributed by atoms with van der Waals surface area (Å²) < 4.78 is 29.0. The van der Waals surface area contributed by atoms with Gasteiger partial charge in [0.1, 0.15) is 4.90 Å². The highest BCUT2D eigenvalue weighted by Gasteiger charge is 2.13. The Hall–Kier alpha value is -0.960. The van der Waals surface area contributed by atoms with Crippen molar-refractivity contribution in [3.05, 3.63) is 12.4 Å². The van der Waals surface area contributed by atoms with Crippen molar-refractivity contribution in [3.8, 4) is 0 Å². The number of nitrogens with zero attached hydrogens (tertiary/aromatic N) is 3. The quantitative estimate of drug-likeness (QED) is 0.677. The molecule has 0 aromatic carbocycles. The predicted octanol–water partition coefficient (Wildman–Crippen LogP) is -0.774. The predicted molar refractivity (Wildman–Crippen MR) is 70.7 cm³/mol. The molecule has 0 spiro atoms. The van der Waals surface area contributed by atoms with E-state index in [9.17, 15) is 13.5 Å². The second-order valence-electron chi connectivity index (χ2n) is 4.58. The summed E-state index contributed by atoms with van der Waals surface area (Å²) in [4.78, 5) is 2.10. The average molecular weight is 291 g/mol. The molecule has 1 heterocycles. The summed E-state index contributed by atoms with van der Waals surface area (Å²) in [5.74, 6) is 0. The van der Waals surface area contributed by atoms with Crippen LogP contribution in [-0.4, -0.2) is 74.4 Å². The number of aliphatic hydroxyl groups is 1. The molecule has 1 aromatic rings. The zero-order chi connectivity index (χ0) is 14.5. The largest absolute Gasteiger partial charge is 0.390 e. The van der Waals surface area contributed by atoms with Gasteiger partial charge in [-0.15, -0.1) is 0 Å². The minimum Gasteiger partial charge on any atom is -0.390 e. The third kappa shape index (κ3) is 5.68. The van der Waals surface area contributed by atoms with Gasteiger partial charge in [-0.1, -0.05) is 0 Å². The lowest BCUT2D eigenvalue weighted by molar-refractivity contribution is 0.0896. The van der Waals surface area contributed by atoms with Crippen molar-refractivity contribution in [2.45, 2.75) is 17.5 Å². The normalized spacial score (nSPS) is 13.9. The zero-order valence-electron chi connectivity index (χ0n) is 11.5. The van der Waals surface area contributed by atoms with E-state index in [-0.39, 0.29) is 11.4 Å². The summed E-state index contributed by atoms with van der Waals surface area (Å²) in [6.07, 6.45) is 3.22. The number of hydrogen-bond acceptors (Lipinski definition) is 6. The van der Waals surface area contributed by atoms with Gasteiger partial charge < -0.3 is 14.7 Å². The van der Waals surface area contributed by atoms with Gasteiger partial charge in [0.25, 0.3) is 0 Å². The van der Waals surface area contributed by atoms with E-state index in [1.165, 1.54) is 17.1 Å². The van der Waals surface area contributed by atoms with E-state index >= 15 is 0 Å². The Kier molecular flexibility index (Phi) is 5.92. The van der Waals surface area contributed by atoms with E-state index in [0.29, 0.717) is 13.2 Å². The summed E-state index contributed by atoms with van der Waals surface area (Å²) in [5, 5.41) is 13.8.